The Labute approximate surface area is 152 Å². The van der Waals surface area contributed by atoms with Crippen LogP contribution >= 0.6 is 0 Å². The molecule has 3 rings (SSSR count). The second-order valence-corrected chi connectivity index (χ2v) is 5.74. The number of fused-ring (bicyclic) bond motifs is 1. The van der Waals surface area contributed by atoms with Crippen molar-refractivity contribution in [2.75, 3.05) is 20.4 Å². The molecule has 2 aromatic carbocycles. The number of rotatable bonds is 6. The van der Waals surface area contributed by atoms with Crippen LogP contribution in [0.4, 0.5) is 0 Å². The van der Waals surface area contributed by atoms with Crippen molar-refractivity contribution >= 4 is 5.96 Å². The lowest BCUT2D eigenvalue weighted by atomic mass is 10.2. The highest BCUT2D eigenvalue weighted by Gasteiger charge is 2.13. The maximum atomic E-state index is 9.86. The number of hydrogen-bond acceptors (Lipinski definition) is 5. The molecule has 1 aliphatic rings. The summed E-state index contributed by atoms with van der Waals surface area (Å²) in [5, 5.41) is 16.4. The standard InChI is InChI=1S/C19H23N3O4/c1-3-20-19(21-10-13-4-6-16(24-2)15(23)8-13)22-11-14-5-7-17-18(9-14)26-12-25-17/h4-9,23H,3,10-12H2,1-2H3,(H2,20,21,22). The minimum absolute atomic E-state index is 0.110. The van der Waals surface area contributed by atoms with Crippen LogP contribution in [-0.4, -0.2) is 31.5 Å². The van der Waals surface area contributed by atoms with Gasteiger partial charge in [0.15, 0.2) is 29.0 Å². The van der Waals surface area contributed by atoms with E-state index in [-0.39, 0.29) is 12.5 Å². The number of ether oxygens (including phenoxy) is 3. The molecule has 0 radical (unpaired) electrons. The summed E-state index contributed by atoms with van der Waals surface area (Å²) in [5.41, 5.74) is 1.96. The first-order chi connectivity index (χ1) is 12.7. The zero-order chi connectivity index (χ0) is 18.4. The van der Waals surface area contributed by atoms with Crippen LogP contribution in [0.2, 0.25) is 0 Å². The van der Waals surface area contributed by atoms with Crippen molar-refractivity contribution in [2.24, 2.45) is 4.99 Å². The third kappa shape index (κ3) is 4.30. The molecular weight excluding hydrogens is 334 g/mol. The van der Waals surface area contributed by atoms with E-state index in [1.54, 1.807) is 12.1 Å². The van der Waals surface area contributed by atoms with Crippen LogP contribution in [-0.2, 0) is 13.1 Å². The number of benzene rings is 2. The summed E-state index contributed by atoms with van der Waals surface area (Å²) in [6.45, 7) is 4.08. The highest BCUT2D eigenvalue weighted by molar-refractivity contribution is 5.79. The van der Waals surface area contributed by atoms with E-state index >= 15 is 0 Å². The van der Waals surface area contributed by atoms with Gasteiger partial charge in [-0.15, -0.1) is 0 Å². The summed E-state index contributed by atoms with van der Waals surface area (Å²) in [7, 11) is 1.52. The van der Waals surface area contributed by atoms with Gasteiger partial charge in [-0.05, 0) is 42.3 Å². The van der Waals surface area contributed by atoms with Crippen molar-refractivity contribution in [1.29, 1.82) is 0 Å². The molecule has 0 bridgehead atoms. The number of phenolic OH excluding ortho intramolecular Hbond substituents is 1. The Kier molecular flexibility index (Phi) is 5.68. The van der Waals surface area contributed by atoms with Gasteiger partial charge in [0.2, 0.25) is 6.79 Å². The number of methoxy groups -OCH3 is 1. The first-order valence-electron chi connectivity index (χ1n) is 8.46. The van der Waals surface area contributed by atoms with Crippen LogP contribution < -0.4 is 24.8 Å². The van der Waals surface area contributed by atoms with Crippen LogP contribution in [0.1, 0.15) is 18.1 Å². The van der Waals surface area contributed by atoms with Gasteiger partial charge in [-0.25, -0.2) is 4.99 Å². The summed E-state index contributed by atoms with van der Waals surface area (Å²) in [5.74, 6) is 2.79. The average Bonchev–Trinajstić information content (AvgIpc) is 3.12. The number of aliphatic imine (C=N–C) groups is 1. The number of phenols is 1. The lowest BCUT2D eigenvalue weighted by Gasteiger charge is -2.12. The van der Waals surface area contributed by atoms with Gasteiger partial charge in [0.1, 0.15) is 0 Å². The van der Waals surface area contributed by atoms with Crippen molar-refractivity contribution < 1.29 is 19.3 Å². The van der Waals surface area contributed by atoms with Crippen molar-refractivity contribution in [2.45, 2.75) is 20.0 Å². The van der Waals surface area contributed by atoms with Crippen molar-refractivity contribution in [3.05, 3.63) is 47.5 Å². The second kappa shape index (κ2) is 8.33. The highest BCUT2D eigenvalue weighted by Crippen LogP contribution is 2.32. The first kappa shape index (κ1) is 17.7. The fourth-order valence-corrected chi connectivity index (χ4v) is 2.58. The molecule has 138 valence electrons. The average molecular weight is 357 g/mol. The molecule has 2 aromatic rings. The molecule has 3 N–H and O–H groups in total. The largest absolute Gasteiger partial charge is 0.504 e. The molecule has 0 spiro atoms. The van der Waals surface area contributed by atoms with Crippen LogP contribution in [0.15, 0.2) is 41.4 Å². The van der Waals surface area contributed by atoms with Crippen LogP contribution in [0.3, 0.4) is 0 Å². The Morgan fingerprint density at radius 2 is 1.92 bits per heavy atom. The van der Waals surface area contributed by atoms with Crippen LogP contribution in [0.5, 0.6) is 23.0 Å². The first-order valence-corrected chi connectivity index (χ1v) is 8.46. The van der Waals surface area contributed by atoms with Gasteiger partial charge in [-0.1, -0.05) is 12.1 Å². The topological polar surface area (TPSA) is 84.3 Å². The SMILES string of the molecule is CCNC(=NCc1ccc(OC)c(O)c1)NCc1ccc2c(c1)OCO2. The van der Waals surface area contributed by atoms with E-state index in [0.29, 0.717) is 24.8 Å². The smallest absolute Gasteiger partial charge is 0.231 e. The maximum absolute atomic E-state index is 9.86. The van der Waals surface area contributed by atoms with E-state index in [0.717, 1.165) is 29.2 Å². The second-order valence-electron chi connectivity index (χ2n) is 5.74. The monoisotopic (exact) mass is 357 g/mol. The fourth-order valence-electron chi connectivity index (χ4n) is 2.58. The molecule has 0 fully saturated rings. The third-order valence-electron chi connectivity index (χ3n) is 3.90. The van der Waals surface area contributed by atoms with Gasteiger partial charge < -0.3 is 30.0 Å². The Morgan fingerprint density at radius 3 is 2.69 bits per heavy atom. The van der Waals surface area contributed by atoms with Crippen molar-refractivity contribution in [3.8, 4) is 23.0 Å². The number of guanidine groups is 1. The predicted molar refractivity (Wildman–Crippen MR) is 98.9 cm³/mol. The molecule has 0 aromatic heterocycles. The van der Waals surface area contributed by atoms with Gasteiger partial charge in [0.05, 0.1) is 13.7 Å². The Morgan fingerprint density at radius 1 is 1.12 bits per heavy atom. The maximum Gasteiger partial charge on any atom is 0.231 e. The van der Waals surface area contributed by atoms with E-state index in [1.165, 1.54) is 7.11 Å². The van der Waals surface area contributed by atoms with Crippen molar-refractivity contribution in [3.63, 3.8) is 0 Å². The number of nitrogens with zero attached hydrogens (tertiary/aromatic N) is 1. The van der Waals surface area contributed by atoms with E-state index in [4.69, 9.17) is 14.2 Å². The lowest BCUT2D eigenvalue weighted by molar-refractivity contribution is 0.174. The van der Waals surface area contributed by atoms with Crippen molar-refractivity contribution in [1.82, 2.24) is 10.6 Å². The fraction of sp³-hybridized carbons (Fsp3) is 0.316. The molecule has 0 atom stereocenters. The summed E-state index contributed by atoms with van der Waals surface area (Å²) < 4.78 is 15.8. The molecule has 7 nitrogen and oxygen atoms in total. The summed E-state index contributed by atoms with van der Waals surface area (Å²) in [4.78, 5) is 4.55. The molecule has 0 saturated heterocycles. The van der Waals surface area contributed by atoms with E-state index in [9.17, 15) is 5.11 Å². The summed E-state index contributed by atoms with van der Waals surface area (Å²) in [6.07, 6.45) is 0. The third-order valence-corrected chi connectivity index (χ3v) is 3.90. The molecule has 1 heterocycles. The van der Waals surface area contributed by atoms with Gasteiger partial charge in [0, 0.05) is 13.1 Å². The minimum Gasteiger partial charge on any atom is -0.504 e. The minimum atomic E-state index is 0.110. The molecule has 7 heteroatoms. The lowest BCUT2D eigenvalue weighted by Crippen LogP contribution is -2.36. The quantitative estimate of drug-likeness (QED) is 0.544. The summed E-state index contributed by atoms with van der Waals surface area (Å²) >= 11 is 0. The normalized spacial score (nSPS) is 12.8. The Hall–Kier alpha value is -3.09. The van der Waals surface area contributed by atoms with E-state index in [2.05, 4.69) is 15.6 Å². The molecule has 0 unspecified atom stereocenters. The molecule has 26 heavy (non-hydrogen) atoms. The Balaban J connectivity index is 1.62. The molecule has 0 saturated carbocycles. The van der Waals surface area contributed by atoms with Gasteiger partial charge >= 0.3 is 0 Å². The van der Waals surface area contributed by atoms with E-state index < -0.39 is 0 Å². The van der Waals surface area contributed by atoms with Gasteiger partial charge in [-0.2, -0.15) is 0 Å². The zero-order valence-electron chi connectivity index (χ0n) is 14.9. The molecule has 0 amide bonds. The van der Waals surface area contributed by atoms with Gasteiger partial charge in [0.25, 0.3) is 0 Å². The van der Waals surface area contributed by atoms with Crippen LogP contribution in [0.25, 0.3) is 0 Å². The van der Waals surface area contributed by atoms with E-state index in [1.807, 2.05) is 31.2 Å². The zero-order valence-corrected chi connectivity index (χ0v) is 14.9. The van der Waals surface area contributed by atoms with Gasteiger partial charge in [-0.3, -0.25) is 0 Å². The molecular formula is C19H23N3O4. The number of aromatic hydroxyl groups is 1. The summed E-state index contributed by atoms with van der Waals surface area (Å²) in [6, 6.07) is 11.1. The van der Waals surface area contributed by atoms with Crippen LogP contribution in [0, 0.1) is 0 Å². The highest BCUT2D eigenvalue weighted by atomic mass is 16.7. The molecule has 0 aliphatic carbocycles. The predicted octanol–water partition coefficient (Wildman–Crippen LogP) is 2.38. The molecule has 1 aliphatic heterocycles. The Bertz CT molecular complexity index is 792. The number of nitrogens with one attached hydrogen (secondary N) is 2. The number of hydrogen-bond donors (Lipinski definition) is 3.